The Labute approximate surface area is 127 Å². The molecule has 116 valence electrons. The minimum Gasteiger partial charge on any atom is -0.364 e. The highest BCUT2D eigenvalue weighted by molar-refractivity contribution is 5.67. The van der Waals surface area contributed by atoms with Crippen LogP contribution in [-0.2, 0) is 6.42 Å². The molecule has 0 saturated carbocycles. The molecule has 0 bridgehead atoms. The van der Waals surface area contributed by atoms with Gasteiger partial charge in [-0.25, -0.2) is 9.97 Å². The first-order valence-corrected chi connectivity index (χ1v) is 8.41. The number of unbranched alkanes of at least 4 members (excludes halogenated alkanes) is 1. The fraction of sp³-hybridized carbons (Fsp3) is 0.750. The summed E-state index contributed by atoms with van der Waals surface area (Å²) in [6.07, 6.45) is 9.57. The third-order valence-electron chi connectivity index (χ3n) is 4.79. The molecule has 5 nitrogen and oxygen atoms in total. The van der Waals surface area contributed by atoms with Crippen molar-refractivity contribution in [1.29, 1.82) is 0 Å². The van der Waals surface area contributed by atoms with Crippen LogP contribution in [-0.4, -0.2) is 41.2 Å². The zero-order valence-electron chi connectivity index (χ0n) is 13.1. The summed E-state index contributed by atoms with van der Waals surface area (Å²) in [5.74, 6) is 2.89. The van der Waals surface area contributed by atoms with Crippen LogP contribution in [0.3, 0.4) is 0 Å². The Hall–Kier alpha value is -1.36. The van der Waals surface area contributed by atoms with Gasteiger partial charge in [-0.1, -0.05) is 19.8 Å². The number of hydrogen-bond donors (Lipinski definition) is 2. The largest absolute Gasteiger partial charge is 0.364 e. The second kappa shape index (κ2) is 7.07. The van der Waals surface area contributed by atoms with Crippen molar-refractivity contribution in [3.63, 3.8) is 0 Å². The Kier molecular flexibility index (Phi) is 4.91. The van der Waals surface area contributed by atoms with Gasteiger partial charge in [-0.05, 0) is 44.8 Å². The predicted octanol–water partition coefficient (Wildman–Crippen LogP) is 2.72. The SMILES string of the molecule is CCN1CCC(CCCCc2ncc3c(n2)NCN3)CC1. The molecule has 0 spiro atoms. The number of anilines is 2. The molecule has 1 aromatic heterocycles. The van der Waals surface area contributed by atoms with Crippen LogP contribution in [0.15, 0.2) is 6.20 Å². The lowest BCUT2D eigenvalue weighted by Gasteiger charge is -2.31. The highest BCUT2D eigenvalue weighted by Gasteiger charge is 2.17. The van der Waals surface area contributed by atoms with E-state index in [-0.39, 0.29) is 0 Å². The number of nitrogens with one attached hydrogen (secondary N) is 2. The van der Waals surface area contributed by atoms with Gasteiger partial charge in [0, 0.05) is 6.42 Å². The molecule has 0 unspecified atom stereocenters. The van der Waals surface area contributed by atoms with E-state index >= 15 is 0 Å². The fourth-order valence-electron chi connectivity index (χ4n) is 3.33. The van der Waals surface area contributed by atoms with Gasteiger partial charge in [-0.3, -0.25) is 0 Å². The highest BCUT2D eigenvalue weighted by Crippen LogP contribution is 2.24. The Bertz CT molecular complexity index is 454. The Morgan fingerprint density at radius 1 is 1.24 bits per heavy atom. The van der Waals surface area contributed by atoms with Gasteiger partial charge in [0.1, 0.15) is 5.82 Å². The van der Waals surface area contributed by atoms with Gasteiger partial charge in [0.25, 0.3) is 0 Å². The normalized spacial score (nSPS) is 19.1. The Morgan fingerprint density at radius 2 is 2.10 bits per heavy atom. The van der Waals surface area contributed by atoms with E-state index in [1.54, 1.807) is 0 Å². The predicted molar refractivity (Wildman–Crippen MR) is 86.5 cm³/mol. The van der Waals surface area contributed by atoms with Crippen LogP contribution >= 0.6 is 0 Å². The van der Waals surface area contributed by atoms with Gasteiger partial charge in [0.2, 0.25) is 0 Å². The third kappa shape index (κ3) is 3.84. The summed E-state index contributed by atoms with van der Waals surface area (Å²) in [7, 11) is 0. The molecular formula is C16H27N5. The van der Waals surface area contributed by atoms with Crippen molar-refractivity contribution in [2.45, 2.75) is 45.4 Å². The minimum atomic E-state index is 0.768. The molecule has 0 aromatic carbocycles. The summed E-state index contributed by atoms with van der Waals surface area (Å²) in [4.78, 5) is 11.6. The van der Waals surface area contributed by atoms with Crippen molar-refractivity contribution in [2.75, 3.05) is 36.9 Å². The van der Waals surface area contributed by atoms with Crippen LogP contribution < -0.4 is 10.6 Å². The van der Waals surface area contributed by atoms with E-state index in [1.807, 2.05) is 6.20 Å². The number of fused-ring (bicyclic) bond motifs is 1. The van der Waals surface area contributed by atoms with Crippen LogP contribution in [0.5, 0.6) is 0 Å². The second-order valence-corrected chi connectivity index (χ2v) is 6.20. The maximum Gasteiger partial charge on any atom is 0.154 e. The molecule has 0 atom stereocenters. The smallest absolute Gasteiger partial charge is 0.154 e. The molecule has 1 saturated heterocycles. The topological polar surface area (TPSA) is 53.1 Å². The van der Waals surface area contributed by atoms with Crippen LogP contribution in [0, 0.1) is 5.92 Å². The van der Waals surface area contributed by atoms with Gasteiger partial charge in [-0.15, -0.1) is 0 Å². The molecule has 5 heteroatoms. The van der Waals surface area contributed by atoms with Crippen LogP contribution in [0.2, 0.25) is 0 Å². The lowest BCUT2D eigenvalue weighted by atomic mass is 9.91. The van der Waals surface area contributed by atoms with Gasteiger partial charge >= 0.3 is 0 Å². The molecule has 2 aliphatic heterocycles. The van der Waals surface area contributed by atoms with E-state index in [4.69, 9.17) is 0 Å². The first kappa shape index (κ1) is 14.6. The molecule has 3 heterocycles. The first-order valence-electron chi connectivity index (χ1n) is 8.41. The van der Waals surface area contributed by atoms with Crippen molar-refractivity contribution in [2.24, 2.45) is 5.92 Å². The Balaban J connectivity index is 1.35. The van der Waals surface area contributed by atoms with Crippen LogP contribution in [0.1, 0.15) is 44.9 Å². The summed E-state index contributed by atoms with van der Waals surface area (Å²) >= 11 is 0. The maximum atomic E-state index is 4.57. The van der Waals surface area contributed by atoms with Crippen molar-refractivity contribution < 1.29 is 0 Å². The molecule has 2 aliphatic rings. The molecule has 0 aliphatic carbocycles. The van der Waals surface area contributed by atoms with Gasteiger partial charge in [0.05, 0.1) is 18.6 Å². The number of aromatic nitrogens is 2. The van der Waals surface area contributed by atoms with E-state index in [0.29, 0.717) is 0 Å². The highest BCUT2D eigenvalue weighted by atomic mass is 15.2. The summed E-state index contributed by atoms with van der Waals surface area (Å²) < 4.78 is 0. The number of likely N-dealkylation sites (tertiary alicyclic amines) is 1. The zero-order valence-corrected chi connectivity index (χ0v) is 13.1. The molecular weight excluding hydrogens is 262 g/mol. The molecule has 0 radical (unpaired) electrons. The average molecular weight is 289 g/mol. The van der Waals surface area contributed by atoms with Crippen molar-refractivity contribution in [3.8, 4) is 0 Å². The standard InChI is InChI=1S/C16H27N5/c1-2-21-9-7-13(8-10-21)5-3-4-6-15-17-11-14-16(20-15)19-12-18-14/h11,13,18H,2-10,12H2,1H3,(H,17,19,20). The van der Waals surface area contributed by atoms with E-state index in [1.165, 1.54) is 51.7 Å². The fourth-order valence-corrected chi connectivity index (χ4v) is 3.33. The first-order chi connectivity index (χ1) is 10.3. The van der Waals surface area contributed by atoms with E-state index in [0.717, 1.165) is 36.3 Å². The molecule has 1 aromatic rings. The minimum absolute atomic E-state index is 0.768. The number of hydrogen-bond acceptors (Lipinski definition) is 5. The maximum absolute atomic E-state index is 4.57. The van der Waals surface area contributed by atoms with Crippen LogP contribution in [0.4, 0.5) is 11.5 Å². The quantitative estimate of drug-likeness (QED) is 0.789. The van der Waals surface area contributed by atoms with Crippen molar-refractivity contribution in [3.05, 3.63) is 12.0 Å². The number of nitrogens with zero attached hydrogens (tertiary/aromatic N) is 3. The average Bonchev–Trinajstić information content (AvgIpc) is 3.00. The summed E-state index contributed by atoms with van der Waals surface area (Å²) in [5.41, 5.74) is 1.03. The second-order valence-electron chi connectivity index (χ2n) is 6.20. The van der Waals surface area contributed by atoms with E-state index in [2.05, 4.69) is 32.4 Å². The van der Waals surface area contributed by atoms with Crippen molar-refractivity contribution >= 4 is 11.5 Å². The van der Waals surface area contributed by atoms with E-state index < -0.39 is 0 Å². The molecule has 3 rings (SSSR count). The third-order valence-corrected chi connectivity index (χ3v) is 4.79. The number of rotatable bonds is 6. The Morgan fingerprint density at radius 3 is 2.90 bits per heavy atom. The van der Waals surface area contributed by atoms with Crippen LogP contribution in [0.25, 0.3) is 0 Å². The number of piperidine rings is 1. The lowest BCUT2D eigenvalue weighted by molar-refractivity contribution is 0.185. The summed E-state index contributed by atoms with van der Waals surface area (Å²) in [6.45, 7) is 6.85. The number of aryl methyl sites for hydroxylation is 1. The molecule has 2 N–H and O–H groups in total. The summed E-state index contributed by atoms with van der Waals surface area (Å²) in [6, 6.07) is 0. The van der Waals surface area contributed by atoms with Gasteiger partial charge in [-0.2, -0.15) is 0 Å². The summed E-state index contributed by atoms with van der Waals surface area (Å²) in [5, 5.41) is 6.43. The van der Waals surface area contributed by atoms with Gasteiger partial charge in [0.15, 0.2) is 5.82 Å². The lowest BCUT2D eigenvalue weighted by Crippen LogP contribution is -2.33. The zero-order chi connectivity index (χ0) is 14.5. The van der Waals surface area contributed by atoms with Gasteiger partial charge < -0.3 is 15.5 Å². The van der Waals surface area contributed by atoms with Crippen molar-refractivity contribution in [1.82, 2.24) is 14.9 Å². The molecule has 0 amide bonds. The van der Waals surface area contributed by atoms with E-state index in [9.17, 15) is 0 Å². The molecule has 21 heavy (non-hydrogen) atoms. The molecule has 1 fully saturated rings. The monoisotopic (exact) mass is 289 g/mol.